The maximum absolute atomic E-state index is 12.7. The Morgan fingerprint density at radius 3 is 2.21 bits per heavy atom. The molecular weight excluding hydrogens is 522 g/mol. The highest BCUT2D eigenvalue weighted by Crippen LogP contribution is 2.28. The maximum Gasteiger partial charge on any atom is 0.511 e. The van der Waals surface area contributed by atoms with Gasteiger partial charge < -0.3 is 15.5 Å². The number of sulfonamides is 1. The van der Waals surface area contributed by atoms with Crippen LogP contribution in [-0.2, 0) is 10.0 Å². The van der Waals surface area contributed by atoms with Gasteiger partial charge in [0.2, 0.25) is 0 Å². The molecule has 0 bridgehead atoms. The number of hydrogen-bond acceptors (Lipinski definition) is 4. The predicted octanol–water partition coefficient (Wildman–Crippen LogP) is 2.21. The lowest BCUT2D eigenvalue weighted by Crippen LogP contribution is -2.51. The molecular formula is C17H33F3IN5O2S. The van der Waals surface area contributed by atoms with Gasteiger partial charge in [-0.1, -0.05) is 6.92 Å². The number of guanidine groups is 1. The van der Waals surface area contributed by atoms with E-state index in [-0.39, 0.29) is 43.1 Å². The van der Waals surface area contributed by atoms with Crippen molar-refractivity contribution in [1.82, 2.24) is 19.8 Å². The minimum Gasteiger partial charge on any atom is -0.357 e. The number of halogens is 4. The Morgan fingerprint density at radius 2 is 1.69 bits per heavy atom. The standard InChI is InChI=1S/C17H32F3N5O2S.HI/c1-3-21-16(22-8-13-24-9-4-14(2)5-10-24)23-15-6-11-25(12-7-15)28(26,27)17(18,19)20;/h14-15H,3-13H2,1-2H3,(H2,21,22,23);1H. The monoisotopic (exact) mass is 555 g/mol. The van der Waals surface area contributed by atoms with E-state index in [9.17, 15) is 21.6 Å². The Morgan fingerprint density at radius 1 is 1.10 bits per heavy atom. The third-order valence-electron chi connectivity index (χ3n) is 5.33. The summed E-state index contributed by atoms with van der Waals surface area (Å²) in [5.41, 5.74) is -5.24. The van der Waals surface area contributed by atoms with Crippen molar-refractivity contribution in [1.29, 1.82) is 0 Å². The first-order valence-corrected chi connectivity index (χ1v) is 11.4. The molecule has 2 N–H and O–H groups in total. The first-order valence-electron chi connectivity index (χ1n) is 9.97. The average Bonchev–Trinajstić information content (AvgIpc) is 2.63. The van der Waals surface area contributed by atoms with Gasteiger partial charge in [0.15, 0.2) is 5.96 Å². The molecule has 0 aromatic carbocycles. The molecule has 2 saturated heterocycles. The van der Waals surface area contributed by atoms with Crippen LogP contribution in [0, 0.1) is 5.92 Å². The Labute approximate surface area is 188 Å². The number of rotatable bonds is 6. The van der Waals surface area contributed by atoms with Gasteiger partial charge >= 0.3 is 15.5 Å². The molecule has 7 nitrogen and oxygen atoms in total. The summed E-state index contributed by atoms with van der Waals surface area (Å²) in [7, 11) is -5.24. The molecule has 0 amide bonds. The van der Waals surface area contributed by atoms with Gasteiger partial charge in [0, 0.05) is 32.2 Å². The van der Waals surface area contributed by atoms with Crippen LogP contribution in [0.4, 0.5) is 13.2 Å². The van der Waals surface area contributed by atoms with Crippen molar-refractivity contribution in [3.8, 4) is 0 Å². The zero-order valence-corrected chi connectivity index (χ0v) is 20.2. The second-order valence-electron chi connectivity index (χ2n) is 7.55. The number of piperidine rings is 2. The lowest BCUT2D eigenvalue weighted by atomic mass is 9.99. The number of alkyl halides is 3. The number of nitrogens with one attached hydrogen (secondary N) is 2. The molecule has 0 atom stereocenters. The molecule has 2 aliphatic heterocycles. The molecule has 2 heterocycles. The van der Waals surface area contributed by atoms with Crippen LogP contribution in [0.5, 0.6) is 0 Å². The van der Waals surface area contributed by atoms with E-state index in [2.05, 4.69) is 27.4 Å². The van der Waals surface area contributed by atoms with Gasteiger partial charge in [0.1, 0.15) is 0 Å². The van der Waals surface area contributed by atoms with Crippen LogP contribution in [-0.4, -0.2) is 80.9 Å². The molecule has 0 spiro atoms. The van der Waals surface area contributed by atoms with Crippen molar-refractivity contribution in [2.45, 2.75) is 51.1 Å². The average molecular weight is 555 g/mol. The Hall–Kier alpha value is -0.340. The maximum atomic E-state index is 12.7. The number of nitrogens with zero attached hydrogens (tertiary/aromatic N) is 3. The van der Waals surface area contributed by atoms with E-state index in [1.165, 1.54) is 12.8 Å². The van der Waals surface area contributed by atoms with E-state index in [4.69, 9.17) is 0 Å². The van der Waals surface area contributed by atoms with E-state index >= 15 is 0 Å². The highest BCUT2D eigenvalue weighted by atomic mass is 127. The van der Waals surface area contributed by atoms with Crippen molar-refractivity contribution in [3.63, 3.8) is 0 Å². The van der Waals surface area contributed by atoms with Crippen LogP contribution in [0.1, 0.15) is 39.5 Å². The molecule has 12 heteroatoms. The van der Waals surface area contributed by atoms with Gasteiger partial charge in [-0.2, -0.15) is 17.5 Å². The summed E-state index contributed by atoms with van der Waals surface area (Å²) in [4.78, 5) is 6.97. The highest BCUT2D eigenvalue weighted by molar-refractivity contribution is 14.0. The molecule has 2 rings (SSSR count). The van der Waals surface area contributed by atoms with Crippen LogP contribution in [0.3, 0.4) is 0 Å². The fourth-order valence-corrected chi connectivity index (χ4v) is 4.47. The van der Waals surface area contributed by atoms with Gasteiger partial charge in [-0.25, -0.2) is 8.42 Å². The SMILES string of the molecule is CCNC(=NCCN1CCC(C)CC1)NC1CCN(S(=O)(=O)C(F)(F)F)CC1.I. The van der Waals surface area contributed by atoms with Gasteiger partial charge in [-0.05, 0) is 51.6 Å². The molecule has 0 radical (unpaired) electrons. The van der Waals surface area contributed by atoms with Crippen molar-refractivity contribution in [3.05, 3.63) is 0 Å². The Balaban J connectivity index is 0.00000420. The van der Waals surface area contributed by atoms with E-state index < -0.39 is 15.5 Å². The largest absolute Gasteiger partial charge is 0.511 e. The summed E-state index contributed by atoms with van der Waals surface area (Å²) < 4.78 is 61.5. The first kappa shape index (κ1) is 26.7. The zero-order chi connectivity index (χ0) is 20.8. The minimum atomic E-state index is -5.24. The first-order chi connectivity index (χ1) is 13.1. The second-order valence-corrected chi connectivity index (χ2v) is 9.48. The summed E-state index contributed by atoms with van der Waals surface area (Å²) in [5.74, 6) is 1.41. The van der Waals surface area contributed by atoms with E-state index in [0.717, 1.165) is 25.6 Å². The topological polar surface area (TPSA) is 77.0 Å². The van der Waals surface area contributed by atoms with Crippen LogP contribution in [0.15, 0.2) is 4.99 Å². The van der Waals surface area contributed by atoms with Crippen molar-refractivity contribution < 1.29 is 21.6 Å². The van der Waals surface area contributed by atoms with Gasteiger partial charge in [-0.15, -0.1) is 24.0 Å². The van der Waals surface area contributed by atoms with Crippen molar-refractivity contribution in [2.24, 2.45) is 10.9 Å². The smallest absolute Gasteiger partial charge is 0.357 e. The number of likely N-dealkylation sites (tertiary alicyclic amines) is 1. The van der Waals surface area contributed by atoms with E-state index in [1.54, 1.807) is 0 Å². The molecule has 172 valence electrons. The van der Waals surface area contributed by atoms with Gasteiger partial charge in [-0.3, -0.25) is 4.99 Å². The molecule has 0 aromatic rings. The summed E-state index contributed by atoms with van der Waals surface area (Å²) in [6.45, 7) is 8.30. The summed E-state index contributed by atoms with van der Waals surface area (Å²) in [5, 5.41) is 6.38. The Bertz CT molecular complexity index is 617. The molecule has 2 aliphatic rings. The molecule has 0 saturated carbocycles. The highest BCUT2D eigenvalue weighted by Gasteiger charge is 2.50. The molecule has 0 unspecified atom stereocenters. The van der Waals surface area contributed by atoms with Crippen LogP contribution < -0.4 is 10.6 Å². The van der Waals surface area contributed by atoms with Crippen molar-refractivity contribution >= 4 is 40.0 Å². The quantitative estimate of drug-likeness (QED) is 0.299. The fraction of sp³-hybridized carbons (Fsp3) is 0.941. The predicted molar refractivity (Wildman–Crippen MR) is 119 cm³/mol. The van der Waals surface area contributed by atoms with Gasteiger partial charge in [0.25, 0.3) is 0 Å². The molecule has 29 heavy (non-hydrogen) atoms. The number of aliphatic imine (C=N–C) groups is 1. The van der Waals surface area contributed by atoms with Crippen LogP contribution >= 0.6 is 24.0 Å². The molecule has 2 fully saturated rings. The third-order valence-corrected chi connectivity index (χ3v) is 6.96. The summed E-state index contributed by atoms with van der Waals surface area (Å²) >= 11 is 0. The van der Waals surface area contributed by atoms with E-state index in [1.807, 2.05) is 6.92 Å². The summed E-state index contributed by atoms with van der Waals surface area (Å²) in [6, 6.07) is -0.103. The van der Waals surface area contributed by atoms with Crippen LogP contribution in [0.25, 0.3) is 0 Å². The minimum absolute atomic E-state index is 0. The zero-order valence-electron chi connectivity index (χ0n) is 17.0. The molecule has 0 aliphatic carbocycles. The molecule has 0 aromatic heterocycles. The Kier molecular flexibility index (Phi) is 10.9. The lowest BCUT2D eigenvalue weighted by molar-refractivity contribution is -0.0494. The van der Waals surface area contributed by atoms with Crippen LogP contribution in [0.2, 0.25) is 0 Å². The van der Waals surface area contributed by atoms with E-state index in [0.29, 0.717) is 36.2 Å². The third kappa shape index (κ3) is 8.02. The second kappa shape index (κ2) is 11.9. The fourth-order valence-electron chi connectivity index (χ4n) is 3.49. The van der Waals surface area contributed by atoms with Gasteiger partial charge in [0.05, 0.1) is 6.54 Å². The lowest BCUT2D eigenvalue weighted by Gasteiger charge is -2.32. The summed E-state index contributed by atoms with van der Waals surface area (Å²) in [6.07, 6.45) is 3.04. The van der Waals surface area contributed by atoms with Crippen molar-refractivity contribution in [2.75, 3.05) is 45.8 Å². The number of hydrogen-bond donors (Lipinski definition) is 2. The normalized spacial score (nSPS) is 21.6.